The molecule has 0 radical (unpaired) electrons. The molecule has 188 valence electrons. The van der Waals surface area contributed by atoms with Gasteiger partial charge in [-0.05, 0) is 61.6 Å². The van der Waals surface area contributed by atoms with Crippen LogP contribution in [0, 0.1) is 5.82 Å². The fourth-order valence-electron chi connectivity index (χ4n) is 5.23. The van der Waals surface area contributed by atoms with E-state index in [1.165, 1.54) is 50.7 Å². The molecule has 2 aliphatic rings. The summed E-state index contributed by atoms with van der Waals surface area (Å²) in [5, 5.41) is 12.1. The van der Waals surface area contributed by atoms with E-state index in [0.717, 1.165) is 47.5 Å². The molecule has 36 heavy (non-hydrogen) atoms. The van der Waals surface area contributed by atoms with E-state index in [2.05, 4.69) is 27.8 Å². The number of aryl methyl sites for hydroxylation is 1. The van der Waals surface area contributed by atoms with Gasteiger partial charge in [-0.25, -0.2) is 14.4 Å². The Bertz CT molecular complexity index is 1210. The van der Waals surface area contributed by atoms with Crippen LogP contribution in [0.5, 0.6) is 0 Å². The van der Waals surface area contributed by atoms with Crippen LogP contribution in [0.4, 0.5) is 10.3 Å². The molecule has 2 heterocycles. The zero-order chi connectivity index (χ0) is 24.7. The molecular weight excluding hydrogens is 451 g/mol. The summed E-state index contributed by atoms with van der Waals surface area (Å²) in [6, 6.07) is 15.6. The zero-order valence-electron chi connectivity index (χ0n) is 21.0. The zero-order valence-corrected chi connectivity index (χ0v) is 21.0. The fourth-order valence-corrected chi connectivity index (χ4v) is 5.23. The molecule has 2 N–H and O–H groups in total. The third kappa shape index (κ3) is 6.26. The Morgan fingerprint density at radius 1 is 0.917 bits per heavy atom. The second kappa shape index (κ2) is 11.6. The van der Waals surface area contributed by atoms with Gasteiger partial charge in [-0.2, -0.15) is 5.10 Å². The quantitative estimate of drug-likeness (QED) is 0.417. The van der Waals surface area contributed by atoms with Crippen molar-refractivity contribution in [3.8, 4) is 22.5 Å². The Morgan fingerprint density at radius 2 is 1.64 bits per heavy atom. The molecule has 2 saturated carbocycles. The second-order valence-corrected chi connectivity index (χ2v) is 9.93. The molecule has 3 aromatic rings. The van der Waals surface area contributed by atoms with Crippen LogP contribution in [0.2, 0.25) is 0 Å². The van der Waals surface area contributed by atoms with E-state index in [-0.39, 0.29) is 5.82 Å². The molecule has 0 atom stereocenters. The van der Waals surface area contributed by atoms with Crippen molar-refractivity contribution < 1.29 is 4.39 Å². The smallest absolute Gasteiger partial charge is 0.223 e. The molecule has 1 aromatic carbocycles. The van der Waals surface area contributed by atoms with Crippen molar-refractivity contribution in [1.82, 2.24) is 25.1 Å². The number of benzene rings is 1. The topological polar surface area (TPSA) is 67.7 Å². The maximum atomic E-state index is 13.8. The highest BCUT2D eigenvalue weighted by molar-refractivity contribution is 5.78. The lowest BCUT2D eigenvalue weighted by atomic mass is 10.0. The predicted molar refractivity (Wildman–Crippen MR) is 142 cm³/mol. The Balaban J connectivity index is 1.55. The van der Waals surface area contributed by atoms with Gasteiger partial charge in [-0.3, -0.25) is 4.68 Å². The van der Waals surface area contributed by atoms with Crippen LogP contribution in [-0.4, -0.2) is 31.8 Å². The molecular formula is C29H35FN6. The highest BCUT2D eigenvalue weighted by Gasteiger charge is 2.17. The van der Waals surface area contributed by atoms with Crippen molar-refractivity contribution in [2.24, 2.45) is 7.05 Å². The summed E-state index contributed by atoms with van der Waals surface area (Å²) in [5.74, 6) is 0.363. The average molecular weight is 487 g/mol. The third-order valence-electron chi connectivity index (χ3n) is 7.13. The molecule has 0 amide bonds. The first-order valence-electron chi connectivity index (χ1n) is 13.1. The summed E-state index contributed by atoms with van der Waals surface area (Å²) in [6.07, 6.45) is 13.7. The van der Waals surface area contributed by atoms with Gasteiger partial charge in [0.15, 0.2) is 0 Å². The lowest BCUT2D eigenvalue weighted by molar-refractivity contribution is 0.522. The Kier molecular flexibility index (Phi) is 7.86. The van der Waals surface area contributed by atoms with Crippen molar-refractivity contribution in [3.63, 3.8) is 0 Å². The normalized spacial score (nSPS) is 16.3. The van der Waals surface area contributed by atoms with Gasteiger partial charge in [-0.1, -0.05) is 43.9 Å². The van der Waals surface area contributed by atoms with E-state index >= 15 is 0 Å². The molecule has 0 aliphatic heterocycles. The van der Waals surface area contributed by atoms with Crippen LogP contribution in [0.25, 0.3) is 22.5 Å². The number of nitrogens with one attached hydrogen (secondary N) is 2. The predicted octanol–water partition coefficient (Wildman–Crippen LogP) is 6.19. The van der Waals surface area contributed by atoms with Crippen LogP contribution in [0.15, 0.2) is 60.9 Å². The molecule has 0 saturated heterocycles. The number of aromatic nitrogens is 4. The minimum Gasteiger partial charge on any atom is -0.351 e. The van der Waals surface area contributed by atoms with Crippen LogP contribution in [-0.2, 0) is 13.6 Å². The molecule has 0 unspecified atom stereocenters. The van der Waals surface area contributed by atoms with Crippen molar-refractivity contribution in [3.05, 3.63) is 72.3 Å². The van der Waals surface area contributed by atoms with Gasteiger partial charge in [0.1, 0.15) is 11.5 Å². The van der Waals surface area contributed by atoms with Gasteiger partial charge in [0.25, 0.3) is 0 Å². The second-order valence-electron chi connectivity index (χ2n) is 9.93. The van der Waals surface area contributed by atoms with Gasteiger partial charge in [0.05, 0.1) is 5.69 Å². The average Bonchev–Trinajstić information content (AvgIpc) is 3.59. The summed E-state index contributed by atoms with van der Waals surface area (Å²) in [5.41, 5.74) is 4.34. The van der Waals surface area contributed by atoms with E-state index in [4.69, 9.17) is 10.1 Å². The van der Waals surface area contributed by atoms with E-state index in [0.29, 0.717) is 18.0 Å². The van der Waals surface area contributed by atoms with Crippen LogP contribution < -0.4 is 10.6 Å². The third-order valence-corrected chi connectivity index (χ3v) is 7.13. The van der Waals surface area contributed by atoms with Gasteiger partial charge < -0.3 is 10.6 Å². The monoisotopic (exact) mass is 486 g/mol. The van der Waals surface area contributed by atoms with Crippen molar-refractivity contribution in [2.45, 2.75) is 70.0 Å². The number of halogens is 1. The van der Waals surface area contributed by atoms with Gasteiger partial charge in [-0.15, -0.1) is 0 Å². The standard InChI is InChI=1S/C29H35FN6/c1-36-20-21(19-32-24-8-2-3-9-24)7-6-12-26(28(35-36)22-13-15-23(30)16-14-22)27-17-18-31-29(34-27)33-25-10-4-5-11-25/h6-7,12-18,20,24-25,32H,2-5,8-11,19H2,1H3,(H,31,33,34). The van der Waals surface area contributed by atoms with E-state index in [9.17, 15) is 4.39 Å². The Morgan fingerprint density at radius 3 is 2.39 bits per heavy atom. The molecule has 7 heteroatoms. The SMILES string of the molecule is Cn1cc(CNC2CCCC2)cccc(-c2ccnc(NC3CCCC3)n2)c(-c2ccc(F)cc2)n1. The molecule has 0 spiro atoms. The summed E-state index contributed by atoms with van der Waals surface area (Å²) in [6.45, 7) is 0.791. The first-order chi connectivity index (χ1) is 17.6. The molecule has 0 bridgehead atoms. The molecule has 2 aromatic heterocycles. The maximum Gasteiger partial charge on any atom is 0.223 e. The molecule has 5 rings (SSSR count). The number of hydrogen-bond donors (Lipinski definition) is 2. The van der Waals surface area contributed by atoms with E-state index in [1.54, 1.807) is 18.3 Å². The van der Waals surface area contributed by atoms with Crippen molar-refractivity contribution in [2.75, 3.05) is 5.32 Å². The van der Waals surface area contributed by atoms with Crippen LogP contribution in [0.1, 0.15) is 56.9 Å². The lowest BCUT2D eigenvalue weighted by Crippen LogP contribution is -2.25. The first kappa shape index (κ1) is 24.4. The number of hydrogen-bond acceptors (Lipinski definition) is 5. The fraction of sp³-hybridized carbons (Fsp3) is 0.414. The van der Waals surface area contributed by atoms with Crippen LogP contribution >= 0.6 is 0 Å². The molecule has 6 nitrogen and oxygen atoms in total. The largest absolute Gasteiger partial charge is 0.351 e. The van der Waals surface area contributed by atoms with Crippen LogP contribution in [0.3, 0.4) is 0 Å². The van der Waals surface area contributed by atoms with Gasteiger partial charge >= 0.3 is 0 Å². The molecule has 2 fully saturated rings. The van der Waals surface area contributed by atoms with Crippen molar-refractivity contribution in [1.29, 1.82) is 0 Å². The summed E-state index contributed by atoms with van der Waals surface area (Å²) in [7, 11) is 1.93. The minimum absolute atomic E-state index is 0.272. The lowest BCUT2D eigenvalue weighted by Gasteiger charge is -2.13. The summed E-state index contributed by atoms with van der Waals surface area (Å²) in [4.78, 5) is 9.33. The number of rotatable bonds is 7. The highest BCUT2D eigenvalue weighted by Crippen LogP contribution is 2.29. The Labute approximate surface area is 212 Å². The van der Waals surface area contributed by atoms with Crippen molar-refractivity contribution >= 4 is 5.95 Å². The molecule has 2 aliphatic carbocycles. The Hall–Kier alpha value is -3.32. The number of nitrogens with zero attached hydrogens (tertiary/aromatic N) is 4. The number of anilines is 1. The maximum absolute atomic E-state index is 13.8. The highest BCUT2D eigenvalue weighted by atomic mass is 19.1. The van der Waals surface area contributed by atoms with Gasteiger partial charge in [0, 0.05) is 49.2 Å². The summed E-state index contributed by atoms with van der Waals surface area (Å²) >= 11 is 0. The van der Waals surface area contributed by atoms with E-state index in [1.807, 2.05) is 30.1 Å². The summed E-state index contributed by atoms with van der Waals surface area (Å²) < 4.78 is 15.6. The minimum atomic E-state index is -0.272. The van der Waals surface area contributed by atoms with E-state index < -0.39 is 0 Å². The first-order valence-corrected chi connectivity index (χ1v) is 13.1. The van der Waals surface area contributed by atoms with Gasteiger partial charge in [0.2, 0.25) is 5.95 Å².